The van der Waals surface area contributed by atoms with E-state index < -0.39 is 52.0 Å². The van der Waals surface area contributed by atoms with Gasteiger partial charge in [-0.05, 0) is 61.3 Å². The minimum absolute atomic E-state index is 0.00331. The molecule has 2 heterocycles. The predicted molar refractivity (Wildman–Crippen MR) is 188 cm³/mol. The molecule has 5 rings (SSSR count). The molecule has 13 nitrogen and oxygen atoms in total. The van der Waals surface area contributed by atoms with Gasteiger partial charge in [0.05, 0.1) is 40.5 Å². The fourth-order valence-corrected chi connectivity index (χ4v) is 8.45. The highest BCUT2D eigenvalue weighted by molar-refractivity contribution is 7.89. The number of aliphatic hydroxyl groups excluding tert-OH is 1. The van der Waals surface area contributed by atoms with Crippen molar-refractivity contribution in [2.75, 3.05) is 19.6 Å². The fourth-order valence-electron chi connectivity index (χ4n) is 6.31. The Labute approximate surface area is 296 Å². The van der Waals surface area contributed by atoms with Crippen LogP contribution in [0.5, 0.6) is 0 Å². The van der Waals surface area contributed by atoms with Crippen molar-refractivity contribution in [2.45, 2.75) is 76.1 Å². The van der Waals surface area contributed by atoms with Crippen LogP contribution >= 0.6 is 11.3 Å². The van der Waals surface area contributed by atoms with Crippen LogP contribution in [0.3, 0.4) is 0 Å². The zero-order chi connectivity index (χ0) is 36.0. The third-order valence-electron chi connectivity index (χ3n) is 9.20. The second kappa shape index (κ2) is 16.2. The Bertz CT molecular complexity index is 1780. The number of amides is 4. The van der Waals surface area contributed by atoms with Crippen LogP contribution in [0.15, 0.2) is 70.0 Å². The molecule has 1 saturated carbocycles. The van der Waals surface area contributed by atoms with Crippen LogP contribution < -0.4 is 5.32 Å². The van der Waals surface area contributed by atoms with Crippen molar-refractivity contribution >= 4 is 45.4 Å². The summed E-state index contributed by atoms with van der Waals surface area (Å²) in [5, 5.41) is 29.2. The van der Waals surface area contributed by atoms with E-state index in [2.05, 4.69) is 15.5 Å². The number of imide groups is 1. The number of sulfonamides is 1. The topological polar surface area (TPSA) is 173 Å². The molecule has 3 atom stereocenters. The summed E-state index contributed by atoms with van der Waals surface area (Å²) in [5.74, 6) is -1.24. The number of benzene rings is 2. The number of hydrogen-bond acceptors (Lipinski definition) is 10. The molecule has 4 amide bonds. The highest BCUT2D eigenvalue weighted by atomic mass is 32.2. The summed E-state index contributed by atoms with van der Waals surface area (Å²) in [7, 11) is -4.07. The van der Waals surface area contributed by atoms with Gasteiger partial charge in [-0.25, -0.2) is 18.2 Å². The van der Waals surface area contributed by atoms with Gasteiger partial charge >= 0.3 is 6.03 Å². The molecule has 1 saturated heterocycles. The maximum Gasteiger partial charge on any atom is 0.328 e. The van der Waals surface area contributed by atoms with Gasteiger partial charge < -0.3 is 20.5 Å². The maximum absolute atomic E-state index is 14.1. The normalized spacial score (nSPS) is 17.5. The van der Waals surface area contributed by atoms with Crippen LogP contribution in [0.25, 0.3) is 0 Å². The lowest BCUT2D eigenvalue weighted by Gasteiger charge is -2.36. The molecule has 50 heavy (non-hydrogen) atoms. The van der Waals surface area contributed by atoms with Gasteiger partial charge in [0.15, 0.2) is 0 Å². The molecule has 0 spiro atoms. The molecule has 0 radical (unpaired) electrons. The fraction of sp³-hybridized carbons (Fsp3) is 0.457. The average molecular weight is 725 g/mol. The standard InChI is InChI=1S/C35H44N6O7S2/c1-23(2)33(41-21-32(43)40(35(41)45)19-28-22-49-24(3)37-28)34(44)38-30(16-25-8-5-4-6-9-25)31(42)20-39(18-27-10-7-11-27)50(47,48)29-14-12-26(13-15-29)17-36-46/h4-6,8-9,12-15,17,22-23,27,30-31,33,42,46H,7,10-11,16,18-21H2,1-3H3,(H,38,44)/t30-,31+,33-/m0/s1. The Balaban J connectivity index is 1.38. The zero-order valence-electron chi connectivity index (χ0n) is 28.4. The quantitative estimate of drug-likeness (QED) is 0.0870. The summed E-state index contributed by atoms with van der Waals surface area (Å²) in [5.41, 5.74) is 1.91. The van der Waals surface area contributed by atoms with Gasteiger partial charge in [-0.15, -0.1) is 11.3 Å². The summed E-state index contributed by atoms with van der Waals surface area (Å²) in [6, 6.07) is 12.6. The molecule has 1 aliphatic heterocycles. The molecule has 0 unspecified atom stereocenters. The Kier molecular flexibility index (Phi) is 12.0. The van der Waals surface area contributed by atoms with Gasteiger partial charge in [-0.2, -0.15) is 4.31 Å². The van der Waals surface area contributed by atoms with Crippen LogP contribution in [-0.2, 0) is 32.6 Å². The van der Waals surface area contributed by atoms with Crippen LogP contribution in [-0.4, -0.2) is 99.7 Å². The van der Waals surface area contributed by atoms with E-state index in [1.807, 2.05) is 37.3 Å². The molecular weight excluding hydrogens is 681 g/mol. The third-order valence-corrected chi connectivity index (χ3v) is 11.9. The monoisotopic (exact) mass is 724 g/mol. The van der Waals surface area contributed by atoms with E-state index in [0.29, 0.717) is 11.3 Å². The molecule has 2 fully saturated rings. The van der Waals surface area contributed by atoms with E-state index in [1.165, 1.54) is 51.0 Å². The van der Waals surface area contributed by atoms with E-state index in [-0.39, 0.29) is 43.4 Å². The molecule has 1 aliphatic carbocycles. The lowest BCUT2D eigenvalue weighted by molar-refractivity contribution is -0.129. The Hall–Kier alpha value is -4.18. The first-order valence-electron chi connectivity index (χ1n) is 16.7. The lowest BCUT2D eigenvalue weighted by Crippen LogP contribution is -2.57. The highest BCUT2D eigenvalue weighted by Gasteiger charge is 2.44. The largest absolute Gasteiger partial charge is 0.411 e. The average Bonchev–Trinajstić information content (AvgIpc) is 3.59. The number of aryl methyl sites for hydroxylation is 1. The van der Waals surface area contributed by atoms with E-state index in [1.54, 1.807) is 19.2 Å². The predicted octanol–water partition coefficient (Wildman–Crippen LogP) is 3.63. The number of urea groups is 1. The highest BCUT2D eigenvalue weighted by Crippen LogP contribution is 2.30. The van der Waals surface area contributed by atoms with Crippen molar-refractivity contribution in [1.29, 1.82) is 0 Å². The number of carbonyl (C=O) groups is 3. The molecule has 2 aliphatic rings. The number of oxime groups is 1. The van der Waals surface area contributed by atoms with Crippen molar-refractivity contribution in [1.82, 2.24) is 24.4 Å². The van der Waals surface area contributed by atoms with Crippen LogP contribution in [0.4, 0.5) is 4.79 Å². The first-order valence-corrected chi connectivity index (χ1v) is 19.0. The first-order chi connectivity index (χ1) is 23.9. The van der Waals surface area contributed by atoms with Crippen molar-refractivity contribution in [3.05, 3.63) is 81.8 Å². The van der Waals surface area contributed by atoms with Crippen LogP contribution in [0.2, 0.25) is 0 Å². The van der Waals surface area contributed by atoms with Crippen molar-refractivity contribution in [3.63, 3.8) is 0 Å². The maximum atomic E-state index is 14.1. The van der Waals surface area contributed by atoms with E-state index in [9.17, 15) is 27.9 Å². The molecule has 1 aromatic heterocycles. The van der Waals surface area contributed by atoms with Crippen LogP contribution in [0.1, 0.15) is 54.9 Å². The Morgan fingerprint density at radius 2 is 1.84 bits per heavy atom. The van der Waals surface area contributed by atoms with Crippen molar-refractivity contribution in [3.8, 4) is 0 Å². The number of rotatable bonds is 16. The van der Waals surface area contributed by atoms with Gasteiger partial charge in [-0.3, -0.25) is 14.5 Å². The molecular formula is C35H44N6O7S2. The third kappa shape index (κ3) is 8.75. The number of aliphatic hydroxyl groups is 1. The summed E-state index contributed by atoms with van der Waals surface area (Å²) in [4.78, 5) is 47.4. The second-order valence-corrected chi connectivity index (χ2v) is 16.2. The lowest BCUT2D eigenvalue weighted by atomic mass is 9.85. The molecule has 268 valence electrons. The van der Waals surface area contributed by atoms with Gasteiger partial charge in [-0.1, -0.05) is 67.9 Å². The molecule has 3 aromatic rings. The number of nitrogens with one attached hydrogen (secondary N) is 1. The minimum atomic E-state index is -4.07. The summed E-state index contributed by atoms with van der Waals surface area (Å²) < 4.78 is 29.2. The number of carbonyl (C=O) groups excluding carboxylic acids is 3. The number of nitrogens with zero attached hydrogens (tertiary/aromatic N) is 5. The first kappa shape index (κ1) is 37.1. The molecule has 0 bridgehead atoms. The second-order valence-electron chi connectivity index (χ2n) is 13.2. The summed E-state index contributed by atoms with van der Waals surface area (Å²) in [6.07, 6.45) is 2.79. The smallest absolute Gasteiger partial charge is 0.328 e. The number of hydrogen-bond donors (Lipinski definition) is 3. The van der Waals surface area contributed by atoms with Gasteiger partial charge in [0.2, 0.25) is 15.9 Å². The molecule has 15 heteroatoms. The van der Waals surface area contributed by atoms with Crippen LogP contribution in [0, 0.1) is 18.8 Å². The van der Waals surface area contributed by atoms with Crippen molar-refractivity contribution < 1.29 is 33.1 Å². The Morgan fingerprint density at radius 1 is 1.14 bits per heavy atom. The SMILES string of the molecule is Cc1nc(CN2C(=O)CN([C@H](C(=O)N[C@@H](Cc3ccccc3)[C@H](O)CN(CC3CCC3)S(=O)(=O)c3ccc(C=NO)cc3)C(C)C)C2=O)cs1. The minimum Gasteiger partial charge on any atom is -0.411 e. The zero-order valence-corrected chi connectivity index (χ0v) is 30.0. The summed E-state index contributed by atoms with van der Waals surface area (Å²) in [6.45, 7) is 5.04. The molecule has 2 aromatic carbocycles. The van der Waals surface area contributed by atoms with Crippen molar-refractivity contribution in [2.24, 2.45) is 17.0 Å². The van der Waals surface area contributed by atoms with E-state index >= 15 is 0 Å². The van der Waals surface area contributed by atoms with Gasteiger partial charge in [0.25, 0.3) is 5.91 Å². The van der Waals surface area contributed by atoms with E-state index in [0.717, 1.165) is 34.7 Å². The van der Waals surface area contributed by atoms with Gasteiger partial charge in [0, 0.05) is 18.5 Å². The van der Waals surface area contributed by atoms with Gasteiger partial charge in [0.1, 0.15) is 12.6 Å². The number of thiazole rings is 1. The van der Waals surface area contributed by atoms with E-state index in [4.69, 9.17) is 5.21 Å². The summed E-state index contributed by atoms with van der Waals surface area (Å²) >= 11 is 1.42. The Morgan fingerprint density at radius 3 is 2.42 bits per heavy atom. The molecule has 3 N–H and O–H groups in total. The number of aromatic nitrogens is 1.